The molecular formula is C14H32Si. The molecule has 0 radical (unpaired) electrons. The largest absolute Gasteiger partial charge is 0.0628 e. The van der Waals surface area contributed by atoms with Crippen molar-refractivity contribution < 1.29 is 0 Å². The topological polar surface area (TPSA) is 0 Å². The van der Waals surface area contributed by atoms with Crippen LogP contribution in [0.25, 0.3) is 0 Å². The lowest BCUT2D eigenvalue weighted by molar-refractivity contribution is 0.589. The van der Waals surface area contributed by atoms with Crippen LogP contribution in [0.1, 0.15) is 61.3 Å². The third-order valence-corrected chi connectivity index (χ3v) is 7.92. The van der Waals surface area contributed by atoms with Crippen LogP contribution in [0.5, 0.6) is 0 Å². The van der Waals surface area contributed by atoms with Crippen LogP contribution < -0.4 is 0 Å². The zero-order valence-corrected chi connectivity index (χ0v) is 13.2. The highest BCUT2D eigenvalue weighted by molar-refractivity contribution is 6.62. The van der Waals surface area contributed by atoms with Crippen molar-refractivity contribution >= 4 is 8.80 Å². The van der Waals surface area contributed by atoms with E-state index in [0.29, 0.717) is 5.04 Å². The number of hydrogen-bond acceptors (Lipinski definition) is 0. The molecule has 0 bridgehead atoms. The van der Waals surface area contributed by atoms with Crippen LogP contribution >= 0.6 is 0 Å². The van der Waals surface area contributed by atoms with E-state index in [0.717, 1.165) is 11.8 Å². The smallest absolute Gasteiger partial charge is 0.0422 e. The van der Waals surface area contributed by atoms with Gasteiger partial charge in [0.25, 0.3) is 0 Å². The highest BCUT2D eigenvalue weighted by atomic mass is 28.3. The predicted octanol–water partition coefficient (Wildman–Crippen LogP) is 5.11. The molecule has 0 nitrogen and oxygen atoms in total. The Kier molecular flexibility index (Phi) is 6.82. The van der Waals surface area contributed by atoms with Crippen molar-refractivity contribution in [2.75, 3.05) is 0 Å². The van der Waals surface area contributed by atoms with E-state index in [9.17, 15) is 0 Å². The van der Waals surface area contributed by atoms with Crippen LogP contribution in [0.2, 0.25) is 17.1 Å². The third kappa shape index (κ3) is 8.07. The highest BCUT2D eigenvalue weighted by Gasteiger charge is 2.25. The highest BCUT2D eigenvalue weighted by Crippen LogP contribution is 2.34. The van der Waals surface area contributed by atoms with Gasteiger partial charge in [0.05, 0.1) is 0 Å². The molecule has 92 valence electrons. The molecule has 0 aromatic carbocycles. The van der Waals surface area contributed by atoms with Gasteiger partial charge in [-0.25, -0.2) is 0 Å². The molecule has 0 unspecified atom stereocenters. The van der Waals surface area contributed by atoms with Gasteiger partial charge in [-0.05, 0) is 16.9 Å². The summed E-state index contributed by atoms with van der Waals surface area (Å²) in [5, 5.41) is 0.629. The fourth-order valence-corrected chi connectivity index (χ4v) is 6.24. The van der Waals surface area contributed by atoms with E-state index in [4.69, 9.17) is 0 Å². The molecule has 0 aromatic rings. The summed E-state index contributed by atoms with van der Waals surface area (Å²) in [6, 6.07) is 3.10. The fourth-order valence-electron chi connectivity index (χ4n) is 2.08. The molecule has 0 rings (SSSR count). The Morgan fingerprint density at radius 3 is 1.33 bits per heavy atom. The van der Waals surface area contributed by atoms with Crippen LogP contribution in [-0.4, -0.2) is 8.80 Å². The zero-order chi connectivity index (χ0) is 12.1. The molecule has 0 aliphatic heterocycles. The minimum Gasteiger partial charge on any atom is -0.0628 e. The van der Waals surface area contributed by atoms with E-state index in [1.54, 1.807) is 12.1 Å². The SMILES string of the molecule is CC(C)CC[SiH](CCC(C)C)C(C)(C)C. The van der Waals surface area contributed by atoms with Crippen molar-refractivity contribution in [1.82, 2.24) is 0 Å². The van der Waals surface area contributed by atoms with Gasteiger partial charge in [-0.15, -0.1) is 0 Å². The fraction of sp³-hybridized carbons (Fsp3) is 1.00. The number of rotatable bonds is 6. The monoisotopic (exact) mass is 228 g/mol. The average Bonchev–Trinajstić information content (AvgIpc) is 2.00. The lowest BCUT2D eigenvalue weighted by Crippen LogP contribution is -2.26. The van der Waals surface area contributed by atoms with Crippen LogP contribution in [0.4, 0.5) is 0 Å². The van der Waals surface area contributed by atoms with Crippen molar-refractivity contribution in [3.8, 4) is 0 Å². The first-order chi connectivity index (χ1) is 6.73. The Morgan fingerprint density at radius 1 is 0.800 bits per heavy atom. The van der Waals surface area contributed by atoms with Crippen LogP contribution in [0, 0.1) is 11.8 Å². The van der Waals surface area contributed by atoms with E-state index in [2.05, 4.69) is 48.5 Å². The molecule has 0 aliphatic rings. The molecular weight excluding hydrogens is 196 g/mol. The maximum atomic E-state index is 2.46. The Hall–Kier alpha value is 0.217. The third-order valence-electron chi connectivity index (χ3n) is 3.41. The van der Waals surface area contributed by atoms with Crippen LogP contribution in [0.3, 0.4) is 0 Å². The molecule has 0 spiro atoms. The molecule has 0 amide bonds. The first-order valence-corrected chi connectivity index (χ1v) is 8.94. The quantitative estimate of drug-likeness (QED) is 0.555. The Morgan fingerprint density at radius 2 is 1.13 bits per heavy atom. The Bertz CT molecular complexity index is 141. The van der Waals surface area contributed by atoms with Gasteiger partial charge in [-0.3, -0.25) is 0 Å². The van der Waals surface area contributed by atoms with Gasteiger partial charge in [0.1, 0.15) is 0 Å². The zero-order valence-electron chi connectivity index (χ0n) is 12.1. The first-order valence-electron chi connectivity index (χ1n) is 6.73. The maximum absolute atomic E-state index is 2.46. The van der Waals surface area contributed by atoms with Gasteiger partial charge in [-0.1, -0.05) is 73.4 Å². The number of hydrogen-bond donors (Lipinski definition) is 0. The second-order valence-corrected chi connectivity index (χ2v) is 11.3. The summed E-state index contributed by atoms with van der Waals surface area (Å²) in [5.74, 6) is 1.78. The van der Waals surface area contributed by atoms with E-state index in [1.165, 1.54) is 12.8 Å². The van der Waals surface area contributed by atoms with Gasteiger partial charge in [0.15, 0.2) is 0 Å². The normalized spacial score (nSPS) is 13.2. The standard InChI is InChI=1S/C14H32Si/c1-12(2)8-10-15(14(5,6)7)11-9-13(3)4/h12-13,15H,8-11H2,1-7H3. The Labute approximate surface area is 99.5 Å². The molecule has 1 heteroatoms. The van der Waals surface area contributed by atoms with E-state index < -0.39 is 8.80 Å². The summed E-state index contributed by atoms with van der Waals surface area (Å²) in [6.45, 7) is 16.8. The van der Waals surface area contributed by atoms with E-state index in [-0.39, 0.29) is 0 Å². The molecule has 0 aliphatic carbocycles. The van der Waals surface area contributed by atoms with Crippen molar-refractivity contribution in [3.63, 3.8) is 0 Å². The summed E-state index contributed by atoms with van der Waals surface area (Å²) >= 11 is 0. The van der Waals surface area contributed by atoms with Crippen LogP contribution in [-0.2, 0) is 0 Å². The van der Waals surface area contributed by atoms with Crippen molar-refractivity contribution in [1.29, 1.82) is 0 Å². The van der Waals surface area contributed by atoms with Gasteiger partial charge in [-0.2, -0.15) is 0 Å². The van der Waals surface area contributed by atoms with Crippen LogP contribution in [0.15, 0.2) is 0 Å². The van der Waals surface area contributed by atoms with Gasteiger partial charge >= 0.3 is 0 Å². The lowest BCUT2D eigenvalue weighted by atomic mass is 10.2. The van der Waals surface area contributed by atoms with Crippen molar-refractivity contribution in [2.24, 2.45) is 11.8 Å². The van der Waals surface area contributed by atoms with Gasteiger partial charge in [0, 0.05) is 8.80 Å². The molecule has 15 heavy (non-hydrogen) atoms. The average molecular weight is 228 g/mol. The van der Waals surface area contributed by atoms with Gasteiger partial charge < -0.3 is 0 Å². The van der Waals surface area contributed by atoms with Crippen molar-refractivity contribution in [3.05, 3.63) is 0 Å². The molecule has 0 heterocycles. The van der Waals surface area contributed by atoms with E-state index >= 15 is 0 Å². The van der Waals surface area contributed by atoms with Gasteiger partial charge in [0.2, 0.25) is 0 Å². The Balaban J connectivity index is 4.08. The second-order valence-electron chi connectivity index (χ2n) is 7.01. The molecule has 0 saturated carbocycles. The predicted molar refractivity (Wildman–Crippen MR) is 75.4 cm³/mol. The lowest BCUT2D eigenvalue weighted by Gasteiger charge is -2.30. The van der Waals surface area contributed by atoms with E-state index in [1.807, 2.05) is 0 Å². The summed E-state index contributed by atoms with van der Waals surface area (Å²) < 4.78 is 0. The first kappa shape index (κ1) is 15.2. The summed E-state index contributed by atoms with van der Waals surface area (Å²) in [6.07, 6.45) is 2.90. The molecule has 0 saturated heterocycles. The summed E-state index contributed by atoms with van der Waals surface area (Å²) in [5.41, 5.74) is 0. The molecule has 0 atom stereocenters. The molecule has 0 aromatic heterocycles. The summed E-state index contributed by atoms with van der Waals surface area (Å²) in [7, 11) is -0.534. The van der Waals surface area contributed by atoms with Crippen molar-refractivity contribution in [2.45, 2.75) is 78.4 Å². The summed E-state index contributed by atoms with van der Waals surface area (Å²) in [4.78, 5) is 0. The molecule has 0 fully saturated rings. The maximum Gasteiger partial charge on any atom is 0.0422 e. The molecule has 0 N–H and O–H groups in total. The second kappa shape index (κ2) is 6.73. The minimum atomic E-state index is -0.534. The minimum absolute atomic E-state index is 0.534.